The smallest absolute Gasteiger partial charge is 0.306 e. The molecule has 2 fully saturated rings. The lowest BCUT2D eigenvalue weighted by Crippen LogP contribution is -2.59. The molecule has 0 spiro atoms. The Bertz CT molecular complexity index is 1110. The lowest BCUT2D eigenvalue weighted by Gasteiger charge is -2.59. The quantitative estimate of drug-likeness (QED) is 0.540. The van der Waals surface area contributed by atoms with Gasteiger partial charge < -0.3 is 10.2 Å². The van der Waals surface area contributed by atoms with Crippen molar-refractivity contribution < 1.29 is 34.2 Å². The maximum atomic E-state index is 14.0. The lowest BCUT2D eigenvalue weighted by atomic mass is 9.42. The number of aliphatic carboxylic acids is 1. The number of carbonyl (C=O) groups is 5. The van der Waals surface area contributed by atoms with Crippen LogP contribution in [0.15, 0.2) is 11.1 Å². The zero-order valence-corrected chi connectivity index (χ0v) is 23.3. The Morgan fingerprint density at radius 2 is 1.59 bits per heavy atom. The van der Waals surface area contributed by atoms with Crippen LogP contribution in [0.25, 0.3) is 0 Å². The summed E-state index contributed by atoms with van der Waals surface area (Å²) in [6.45, 7) is 13.1. The Morgan fingerprint density at radius 3 is 2.19 bits per heavy atom. The summed E-state index contributed by atoms with van der Waals surface area (Å²) in [7, 11) is 0. The molecular weight excluding hydrogens is 472 g/mol. The maximum absolute atomic E-state index is 14.0. The molecule has 4 aliphatic rings. The number of carboxylic acids is 1. The molecule has 0 aromatic heterocycles. The molecule has 0 aromatic carbocycles. The summed E-state index contributed by atoms with van der Waals surface area (Å²) in [4.78, 5) is 64.6. The van der Waals surface area contributed by atoms with Crippen molar-refractivity contribution in [2.75, 3.05) is 0 Å². The molecule has 0 unspecified atom stereocenters. The molecule has 0 heterocycles. The molecule has 0 bridgehead atoms. The van der Waals surface area contributed by atoms with E-state index in [-0.39, 0.29) is 66.6 Å². The fourth-order valence-electron chi connectivity index (χ4n) is 8.92. The third-order valence-corrected chi connectivity index (χ3v) is 11.4. The summed E-state index contributed by atoms with van der Waals surface area (Å²) in [6.07, 6.45) is 0.899. The normalized spacial score (nSPS) is 40.5. The van der Waals surface area contributed by atoms with Gasteiger partial charge in [0.25, 0.3) is 0 Å². The molecule has 2 saturated carbocycles. The van der Waals surface area contributed by atoms with Crippen LogP contribution in [0.4, 0.5) is 0 Å². The molecule has 7 heteroatoms. The number of hydrogen-bond donors (Lipinski definition) is 2. The Hall–Kier alpha value is -2.15. The SMILES string of the molecule is C[C@H](CC(=O)C[C@H](C)[C@@H]1C[C@H](O)[C@]2(C)C3=C(C(=O)C[C@@]12C)[C@]1(C)CCC(=O)C(C)(C)[C@@H]1CC3=O)C(=O)O. The van der Waals surface area contributed by atoms with Crippen LogP contribution in [0, 0.1) is 45.3 Å². The van der Waals surface area contributed by atoms with Crippen LogP contribution in [0.5, 0.6) is 0 Å². The minimum atomic E-state index is -1.01. The summed E-state index contributed by atoms with van der Waals surface area (Å²) in [5.41, 5.74) is -1.98. The van der Waals surface area contributed by atoms with Gasteiger partial charge in [-0.2, -0.15) is 0 Å². The van der Waals surface area contributed by atoms with E-state index in [9.17, 15) is 34.2 Å². The van der Waals surface area contributed by atoms with Crippen LogP contribution in [-0.4, -0.2) is 45.4 Å². The first-order chi connectivity index (χ1) is 16.9. The monoisotopic (exact) mass is 514 g/mol. The van der Waals surface area contributed by atoms with Crippen molar-refractivity contribution in [1.29, 1.82) is 0 Å². The van der Waals surface area contributed by atoms with E-state index >= 15 is 0 Å². The number of aliphatic hydroxyl groups is 1. The van der Waals surface area contributed by atoms with Gasteiger partial charge in [-0.3, -0.25) is 24.0 Å². The van der Waals surface area contributed by atoms with E-state index < -0.39 is 39.7 Å². The first-order valence-corrected chi connectivity index (χ1v) is 13.7. The van der Waals surface area contributed by atoms with Crippen LogP contribution < -0.4 is 0 Å². The van der Waals surface area contributed by atoms with Gasteiger partial charge in [0.15, 0.2) is 11.6 Å². The predicted octanol–water partition coefficient (Wildman–Crippen LogP) is 4.34. The van der Waals surface area contributed by atoms with E-state index in [1.54, 1.807) is 0 Å². The molecule has 204 valence electrons. The molecule has 4 aliphatic carbocycles. The van der Waals surface area contributed by atoms with Crippen molar-refractivity contribution >= 4 is 29.1 Å². The first-order valence-electron chi connectivity index (χ1n) is 13.7. The van der Waals surface area contributed by atoms with Gasteiger partial charge in [0.2, 0.25) is 0 Å². The third-order valence-electron chi connectivity index (χ3n) is 11.4. The molecule has 7 nitrogen and oxygen atoms in total. The minimum absolute atomic E-state index is 0.0517. The zero-order valence-electron chi connectivity index (χ0n) is 23.3. The van der Waals surface area contributed by atoms with E-state index in [1.165, 1.54) is 6.92 Å². The molecule has 0 amide bonds. The molecule has 8 atom stereocenters. The van der Waals surface area contributed by atoms with Crippen molar-refractivity contribution in [1.82, 2.24) is 0 Å². The fourth-order valence-corrected chi connectivity index (χ4v) is 8.92. The van der Waals surface area contributed by atoms with Crippen LogP contribution in [-0.2, 0) is 24.0 Å². The summed E-state index contributed by atoms with van der Waals surface area (Å²) in [5.74, 6) is -2.62. The van der Waals surface area contributed by atoms with E-state index in [2.05, 4.69) is 0 Å². The largest absolute Gasteiger partial charge is 0.481 e. The van der Waals surface area contributed by atoms with E-state index in [0.29, 0.717) is 30.4 Å². The van der Waals surface area contributed by atoms with E-state index in [4.69, 9.17) is 0 Å². The molecule has 2 N–H and O–H groups in total. The molecule has 4 rings (SSSR count). The number of fused-ring (bicyclic) bond motifs is 4. The minimum Gasteiger partial charge on any atom is -0.481 e. The summed E-state index contributed by atoms with van der Waals surface area (Å²) < 4.78 is 0. The number of carboxylic acid groups (broad SMARTS) is 1. The number of ketones is 4. The Balaban J connectivity index is 1.75. The highest BCUT2D eigenvalue weighted by atomic mass is 16.4. The number of hydrogen-bond acceptors (Lipinski definition) is 6. The third kappa shape index (κ3) is 3.74. The van der Waals surface area contributed by atoms with Gasteiger partial charge in [0, 0.05) is 59.5 Å². The molecule has 0 saturated heterocycles. The Kier molecular flexibility index (Phi) is 6.54. The highest BCUT2D eigenvalue weighted by Crippen LogP contribution is 2.70. The average molecular weight is 515 g/mol. The molecule has 0 aliphatic heterocycles. The molecular formula is C30H42O7. The Labute approximate surface area is 219 Å². The number of aliphatic hydroxyl groups excluding tert-OH is 1. The van der Waals surface area contributed by atoms with Crippen LogP contribution >= 0.6 is 0 Å². The van der Waals surface area contributed by atoms with Crippen molar-refractivity contribution in [3.8, 4) is 0 Å². The molecule has 0 radical (unpaired) electrons. The van der Waals surface area contributed by atoms with Crippen LogP contribution in [0.2, 0.25) is 0 Å². The van der Waals surface area contributed by atoms with Gasteiger partial charge in [-0.1, -0.05) is 48.5 Å². The van der Waals surface area contributed by atoms with Gasteiger partial charge in [0.1, 0.15) is 11.6 Å². The average Bonchev–Trinajstić information content (AvgIpc) is 2.99. The topological polar surface area (TPSA) is 126 Å². The van der Waals surface area contributed by atoms with Crippen molar-refractivity contribution in [3.63, 3.8) is 0 Å². The predicted molar refractivity (Wildman–Crippen MR) is 136 cm³/mol. The molecule has 37 heavy (non-hydrogen) atoms. The Morgan fingerprint density at radius 1 is 0.973 bits per heavy atom. The van der Waals surface area contributed by atoms with Crippen molar-refractivity contribution in [2.24, 2.45) is 45.3 Å². The second kappa shape index (κ2) is 8.69. The van der Waals surface area contributed by atoms with Crippen LogP contribution in [0.3, 0.4) is 0 Å². The number of carbonyl (C=O) groups excluding carboxylic acids is 4. The highest BCUT2D eigenvalue weighted by Gasteiger charge is 2.70. The number of allylic oxidation sites excluding steroid dienone is 1. The van der Waals surface area contributed by atoms with Crippen molar-refractivity contribution in [2.45, 2.75) is 99.5 Å². The van der Waals surface area contributed by atoms with E-state index in [0.717, 1.165) is 0 Å². The zero-order chi connectivity index (χ0) is 27.9. The summed E-state index contributed by atoms with van der Waals surface area (Å²) in [5, 5.41) is 20.8. The van der Waals surface area contributed by atoms with E-state index in [1.807, 2.05) is 41.5 Å². The highest BCUT2D eigenvalue weighted by molar-refractivity contribution is 6.12. The van der Waals surface area contributed by atoms with Gasteiger partial charge in [-0.25, -0.2) is 0 Å². The standard InChI is InChI=1S/C30H42O7/c1-15(10-17(31)11-16(2)26(36)37)18-12-23(35)30(7)25-19(32)13-21-27(3,4)22(34)8-9-28(21,5)24(25)20(33)14-29(18,30)6/h15-16,18,21,23,35H,8-14H2,1-7H3,(H,36,37)/t15-,16+,18-,21-,23-,28+,29-,30+/m0/s1. The maximum Gasteiger partial charge on any atom is 0.306 e. The number of Topliss-reactive ketones (excluding diaryl/α,β-unsaturated/α-hetero) is 4. The summed E-state index contributed by atoms with van der Waals surface area (Å²) in [6, 6.07) is 0. The summed E-state index contributed by atoms with van der Waals surface area (Å²) >= 11 is 0. The second-order valence-corrected chi connectivity index (χ2v) is 13.7. The van der Waals surface area contributed by atoms with Crippen LogP contribution in [0.1, 0.15) is 93.4 Å². The molecule has 0 aromatic rings. The first kappa shape index (κ1) is 27.9. The van der Waals surface area contributed by atoms with Gasteiger partial charge in [0.05, 0.1) is 12.0 Å². The second-order valence-electron chi connectivity index (χ2n) is 13.7. The van der Waals surface area contributed by atoms with Gasteiger partial charge in [-0.05, 0) is 36.0 Å². The van der Waals surface area contributed by atoms with Gasteiger partial charge >= 0.3 is 5.97 Å². The van der Waals surface area contributed by atoms with Crippen molar-refractivity contribution in [3.05, 3.63) is 11.1 Å². The van der Waals surface area contributed by atoms with Gasteiger partial charge in [-0.15, -0.1) is 0 Å². The lowest BCUT2D eigenvalue weighted by molar-refractivity contribution is -0.147. The fraction of sp³-hybridized carbons (Fsp3) is 0.767. The number of rotatable bonds is 6.